The van der Waals surface area contributed by atoms with Crippen LogP contribution in [0.2, 0.25) is 0 Å². The molecule has 0 spiro atoms. The van der Waals surface area contributed by atoms with Crippen LogP contribution < -0.4 is 0 Å². The van der Waals surface area contributed by atoms with Gasteiger partial charge in [-0.25, -0.2) is 4.98 Å². The number of benzene rings is 7. The first-order chi connectivity index (χ1) is 23.2. The summed E-state index contributed by atoms with van der Waals surface area (Å²) in [5, 5.41) is 4.41. The number of rotatable bonds is 5. The number of hydrogen-bond acceptors (Lipinski definition) is 1. The lowest BCUT2D eigenvalue weighted by molar-refractivity contribution is 0.908. The van der Waals surface area contributed by atoms with Crippen LogP contribution in [0.3, 0.4) is 0 Å². The first-order valence-corrected chi connectivity index (χ1v) is 14.4. The summed E-state index contributed by atoms with van der Waals surface area (Å²) in [5.74, 6) is -0.149. The Morgan fingerprint density at radius 2 is 1.07 bits per heavy atom. The second-order valence-corrected chi connectivity index (χ2v) is 10.7. The number of imidazole rings is 1. The van der Waals surface area contributed by atoms with E-state index in [2.05, 4.69) is 108 Å². The summed E-state index contributed by atoms with van der Waals surface area (Å²) in [7, 11) is 0. The quantitative estimate of drug-likeness (QED) is 0.193. The summed E-state index contributed by atoms with van der Waals surface area (Å²) in [4.78, 5) is 4.53. The average molecular weight is 556 g/mol. The summed E-state index contributed by atoms with van der Waals surface area (Å²) in [5.41, 5.74) is 8.40. The first kappa shape index (κ1) is 20.4. The molecule has 2 heteroatoms. The molecule has 7 aromatic carbocycles. The molecule has 204 valence electrons. The van der Waals surface area contributed by atoms with Crippen molar-refractivity contribution in [3.8, 4) is 39.1 Å². The lowest BCUT2D eigenvalue weighted by Gasteiger charge is -2.19. The monoisotopic (exact) mass is 555 g/mol. The van der Waals surface area contributed by atoms with Crippen LogP contribution in [-0.2, 0) is 6.37 Å². The number of aryl methyl sites for hydroxylation is 1. The minimum Gasteiger partial charge on any atom is -0.296 e. The molecule has 0 aliphatic carbocycles. The molecule has 0 fully saturated rings. The van der Waals surface area contributed by atoms with Crippen molar-refractivity contribution in [2.45, 2.75) is 13.2 Å². The Kier molecular flexibility index (Phi) is 4.95. The van der Waals surface area contributed by atoms with Crippen molar-refractivity contribution in [3.63, 3.8) is 0 Å². The fraction of sp³-hybridized carbons (Fsp3) is 0.0488. The molecule has 2 nitrogen and oxygen atoms in total. The summed E-state index contributed by atoms with van der Waals surface area (Å²) in [6.45, 7) is -2.91. The highest BCUT2D eigenvalue weighted by Gasteiger charge is 2.18. The van der Waals surface area contributed by atoms with Gasteiger partial charge in [-0.15, -0.1) is 0 Å². The molecular weight excluding hydrogens is 520 g/mol. The van der Waals surface area contributed by atoms with E-state index in [0.717, 1.165) is 54.9 Å². The molecule has 0 aliphatic rings. The second-order valence-electron chi connectivity index (χ2n) is 10.7. The van der Waals surface area contributed by atoms with E-state index in [0.29, 0.717) is 16.7 Å². The van der Waals surface area contributed by atoms with Gasteiger partial charge in [0, 0.05) is 18.9 Å². The Morgan fingerprint density at radius 3 is 1.74 bits per heavy atom. The summed E-state index contributed by atoms with van der Waals surface area (Å²) in [6, 6.07) is 51.2. The van der Waals surface area contributed by atoms with E-state index >= 15 is 0 Å². The van der Waals surface area contributed by atoms with E-state index in [1.165, 1.54) is 0 Å². The van der Waals surface area contributed by atoms with Crippen molar-refractivity contribution in [1.29, 1.82) is 0 Å². The molecule has 0 amide bonds. The van der Waals surface area contributed by atoms with Crippen LogP contribution in [0, 0.1) is 0 Å². The van der Waals surface area contributed by atoms with Crippen LogP contribution in [0.1, 0.15) is 19.5 Å². The molecule has 8 aromatic rings. The van der Waals surface area contributed by atoms with Gasteiger partial charge in [0.05, 0.1) is 11.0 Å². The smallest absolute Gasteiger partial charge is 0.114 e. The molecule has 0 radical (unpaired) electrons. The summed E-state index contributed by atoms with van der Waals surface area (Å²) >= 11 is 0. The Morgan fingerprint density at radius 1 is 0.535 bits per heavy atom. The van der Waals surface area contributed by atoms with Crippen molar-refractivity contribution in [1.82, 2.24) is 9.55 Å². The standard InChI is InChI=1S/C41H30N2/c1-2-39-42-37-24-10-11-25-38(37)43(39)32-19-13-18-31(27-32)41-35-22-8-6-20-33(35)40(34-21-7-9-23-36(34)41)30-17-12-16-29(26-30)28-14-4-3-5-15-28/h3-27H,2H2,1H3/i1D3,2D2. The first-order valence-electron chi connectivity index (χ1n) is 16.9. The van der Waals surface area contributed by atoms with Gasteiger partial charge in [-0.1, -0.05) is 128 Å². The van der Waals surface area contributed by atoms with Gasteiger partial charge < -0.3 is 0 Å². The molecule has 0 saturated carbocycles. The highest BCUT2D eigenvalue weighted by atomic mass is 15.1. The van der Waals surface area contributed by atoms with E-state index in [4.69, 9.17) is 6.85 Å². The Balaban J connectivity index is 1.38. The lowest BCUT2D eigenvalue weighted by Crippen LogP contribution is -2.00. The Labute approximate surface area is 258 Å². The van der Waals surface area contributed by atoms with E-state index in [1.54, 1.807) is 10.6 Å². The maximum atomic E-state index is 8.67. The normalized spacial score (nSPS) is 13.8. The van der Waals surface area contributed by atoms with Crippen molar-refractivity contribution >= 4 is 32.6 Å². The van der Waals surface area contributed by atoms with Gasteiger partial charge in [0.1, 0.15) is 5.82 Å². The minimum atomic E-state index is -2.91. The SMILES string of the molecule is [2H]C([2H])([2H])C([2H])([2H])c1nc2ccccc2n1-c1cccc(-c2c3ccccc3c(-c3cccc(-c4ccccc4)c3)c3ccccc23)c1. The van der Waals surface area contributed by atoms with E-state index in [-0.39, 0.29) is 5.82 Å². The van der Waals surface area contributed by atoms with Crippen LogP contribution >= 0.6 is 0 Å². The topological polar surface area (TPSA) is 17.8 Å². The van der Waals surface area contributed by atoms with Gasteiger partial charge in [0.15, 0.2) is 0 Å². The summed E-state index contributed by atoms with van der Waals surface area (Å²) < 4.78 is 43.1. The molecule has 0 aliphatic heterocycles. The number of fused-ring (bicyclic) bond motifs is 3. The van der Waals surface area contributed by atoms with Crippen molar-refractivity contribution < 1.29 is 6.85 Å². The third kappa shape index (κ3) is 4.23. The number of aromatic nitrogens is 2. The Bertz CT molecular complexity index is 2420. The largest absolute Gasteiger partial charge is 0.296 e. The van der Waals surface area contributed by atoms with Crippen molar-refractivity contribution in [2.24, 2.45) is 0 Å². The van der Waals surface area contributed by atoms with Gasteiger partial charge >= 0.3 is 0 Å². The Hall–Kier alpha value is -5.47. The third-order valence-corrected chi connectivity index (χ3v) is 8.26. The van der Waals surface area contributed by atoms with Crippen LogP contribution in [0.4, 0.5) is 0 Å². The van der Waals surface area contributed by atoms with Gasteiger partial charge in [-0.3, -0.25) is 4.57 Å². The van der Waals surface area contributed by atoms with Crippen LogP contribution in [0.25, 0.3) is 71.6 Å². The van der Waals surface area contributed by atoms with Crippen LogP contribution in [0.15, 0.2) is 152 Å². The average Bonchev–Trinajstić information content (AvgIpc) is 3.51. The molecule has 43 heavy (non-hydrogen) atoms. The minimum absolute atomic E-state index is 0.149. The van der Waals surface area contributed by atoms with Gasteiger partial charge in [0.25, 0.3) is 0 Å². The molecule has 1 aromatic heterocycles. The molecule has 0 unspecified atom stereocenters. The predicted molar refractivity (Wildman–Crippen MR) is 182 cm³/mol. The molecule has 0 N–H and O–H groups in total. The highest BCUT2D eigenvalue weighted by Crippen LogP contribution is 2.44. The maximum Gasteiger partial charge on any atom is 0.114 e. The molecule has 0 bridgehead atoms. The van der Waals surface area contributed by atoms with Crippen molar-refractivity contribution in [3.05, 3.63) is 157 Å². The zero-order chi connectivity index (χ0) is 33.0. The molecular formula is C41H30N2. The van der Waals surface area contributed by atoms with Crippen LogP contribution in [0.5, 0.6) is 0 Å². The van der Waals surface area contributed by atoms with E-state index < -0.39 is 13.2 Å². The number of nitrogens with zero attached hydrogens (tertiary/aromatic N) is 2. The lowest BCUT2D eigenvalue weighted by atomic mass is 9.85. The van der Waals surface area contributed by atoms with Crippen LogP contribution in [-0.4, -0.2) is 9.55 Å². The van der Waals surface area contributed by atoms with E-state index in [1.807, 2.05) is 42.5 Å². The van der Waals surface area contributed by atoms with Gasteiger partial charge in [-0.2, -0.15) is 0 Å². The van der Waals surface area contributed by atoms with E-state index in [9.17, 15) is 0 Å². The number of hydrogen-bond donors (Lipinski definition) is 0. The van der Waals surface area contributed by atoms with Gasteiger partial charge in [0.2, 0.25) is 0 Å². The second kappa shape index (κ2) is 10.4. The zero-order valence-electron chi connectivity index (χ0n) is 28.3. The molecule has 0 saturated heterocycles. The summed E-state index contributed by atoms with van der Waals surface area (Å²) in [6.07, 6.45) is -2.68. The maximum absolute atomic E-state index is 8.67. The molecule has 8 rings (SSSR count). The van der Waals surface area contributed by atoms with Gasteiger partial charge in [-0.05, 0) is 85.3 Å². The highest BCUT2D eigenvalue weighted by molar-refractivity contribution is 6.21. The fourth-order valence-corrected chi connectivity index (χ4v) is 6.41. The van der Waals surface area contributed by atoms with Crippen molar-refractivity contribution in [2.75, 3.05) is 0 Å². The zero-order valence-corrected chi connectivity index (χ0v) is 23.3. The molecule has 1 heterocycles. The third-order valence-electron chi connectivity index (χ3n) is 8.26. The molecule has 0 atom stereocenters. The predicted octanol–water partition coefficient (Wildman–Crippen LogP) is 10.9. The number of para-hydroxylation sites is 2. The fourth-order valence-electron chi connectivity index (χ4n) is 6.41.